The maximum atomic E-state index is 11.6. The Labute approximate surface area is 78.3 Å². The van der Waals surface area contributed by atoms with Crippen LogP contribution in [0, 0.1) is 5.41 Å². The molecule has 1 heterocycles. The molecule has 3 heteroatoms. The fraction of sp³-hybridized carbons (Fsp3) is 0.500. The largest absolute Gasteiger partial charge is 0.367 e. The van der Waals surface area contributed by atoms with E-state index in [1.807, 2.05) is 13.8 Å². The third kappa shape index (κ3) is 2.70. The molecule has 1 aromatic heterocycles. The van der Waals surface area contributed by atoms with Gasteiger partial charge in [0.25, 0.3) is 0 Å². The summed E-state index contributed by atoms with van der Waals surface area (Å²) in [6.45, 7) is 4.53. The van der Waals surface area contributed by atoms with Gasteiger partial charge in [0.15, 0.2) is 5.78 Å². The lowest BCUT2D eigenvalue weighted by atomic mass is 9.86. The van der Waals surface area contributed by atoms with E-state index in [-0.39, 0.29) is 11.2 Å². The standard InChI is InChI=1S/C10H16N2O/c1-10(2,7-11)5-9(13)8-3-4-12-6-8/h3-4,6,12H,5,7,11H2,1-2H3. The predicted molar refractivity (Wildman–Crippen MR) is 52.6 cm³/mol. The molecule has 72 valence electrons. The first-order chi connectivity index (χ1) is 6.05. The first-order valence-corrected chi connectivity index (χ1v) is 4.41. The van der Waals surface area contributed by atoms with Gasteiger partial charge in [-0.1, -0.05) is 13.8 Å². The van der Waals surface area contributed by atoms with Crippen molar-refractivity contribution in [2.24, 2.45) is 11.1 Å². The molecular weight excluding hydrogens is 164 g/mol. The minimum absolute atomic E-state index is 0.103. The van der Waals surface area contributed by atoms with E-state index < -0.39 is 0 Å². The molecule has 0 aromatic carbocycles. The van der Waals surface area contributed by atoms with E-state index in [4.69, 9.17) is 5.73 Å². The summed E-state index contributed by atoms with van der Waals surface area (Å²) in [6, 6.07) is 1.79. The van der Waals surface area contributed by atoms with Crippen LogP contribution in [0.5, 0.6) is 0 Å². The highest BCUT2D eigenvalue weighted by molar-refractivity contribution is 5.96. The van der Waals surface area contributed by atoms with Gasteiger partial charge in [-0.2, -0.15) is 0 Å². The van der Waals surface area contributed by atoms with E-state index in [9.17, 15) is 4.79 Å². The van der Waals surface area contributed by atoms with Crippen molar-refractivity contribution in [1.82, 2.24) is 4.98 Å². The van der Waals surface area contributed by atoms with Gasteiger partial charge in [-0.15, -0.1) is 0 Å². The first kappa shape index (κ1) is 9.99. The summed E-state index contributed by atoms with van der Waals surface area (Å²) < 4.78 is 0. The molecule has 0 atom stereocenters. The highest BCUT2D eigenvalue weighted by atomic mass is 16.1. The Morgan fingerprint density at radius 3 is 2.77 bits per heavy atom. The molecule has 0 aliphatic heterocycles. The van der Waals surface area contributed by atoms with Gasteiger partial charge in [-0.25, -0.2) is 0 Å². The summed E-state index contributed by atoms with van der Waals surface area (Å²) in [4.78, 5) is 14.5. The Bertz CT molecular complexity index is 275. The molecule has 0 amide bonds. The molecular formula is C10H16N2O. The maximum absolute atomic E-state index is 11.6. The number of carbonyl (C=O) groups excluding carboxylic acids is 1. The molecule has 0 radical (unpaired) electrons. The molecule has 0 aliphatic rings. The summed E-state index contributed by atoms with van der Waals surface area (Å²) in [6.07, 6.45) is 3.97. The highest BCUT2D eigenvalue weighted by Gasteiger charge is 2.20. The number of hydrogen-bond acceptors (Lipinski definition) is 2. The van der Waals surface area contributed by atoms with Crippen LogP contribution in [0.4, 0.5) is 0 Å². The van der Waals surface area contributed by atoms with Crippen molar-refractivity contribution >= 4 is 5.78 Å². The van der Waals surface area contributed by atoms with Crippen LogP contribution < -0.4 is 5.73 Å². The van der Waals surface area contributed by atoms with Crippen LogP contribution in [0.1, 0.15) is 30.6 Å². The molecule has 0 spiro atoms. The van der Waals surface area contributed by atoms with Crippen molar-refractivity contribution in [3.05, 3.63) is 24.0 Å². The average molecular weight is 180 g/mol. The molecule has 0 saturated heterocycles. The fourth-order valence-electron chi connectivity index (χ4n) is 1.11. The summed E-state index contributed by atoms with van der Waals surface area (Å²) in [7, 11) is 0. The number of H-pyrrole nitrogens is 1. The zero-order valence-corrected chi connectivity index (χ0v) is 8.13. The topological polar surface area (TPSA) is 58.9 Å². The third-order valence-corrected chi connectivity index (χ3v) is 2.11. The summed E-state index contributed by atoms with van der Waals surface area (Å²) >= 11 is 0. The van der Waals surface area contributed by atoms with Crippen molar-refractivity contribution in [2.45, 2.75) is 20.3 Å². The number of hydrogen-bond donors (Lipinski definition) is 2. The minimum Gasteiger partial charge on any atom is -0.367 e. The van der Waals surface area contributed by atoms with Gasteiger partial charge >= 0.3 is 0 Å². The number of nitrogens with one attached hydrogen (secondary N) is 1. The van der Waals surface area contributed by atoms with Crippen molar-refractivity contribution in [1.29, 1.82) is 0 Å². The van der Waals surface area contributed by atoms with Gasteiger partial charge < -0.3 is 10.7 Å². The van der Waals surface area contributed by atoms with Crippen LogP contribution in [-0.2, 0) is 0 Å². The van der Waals surface area contributed by atoms with Crippen LogP contribution in [0.25, 0.3) is 0 Å². The van der Waals surface area contributed by atoms with Gasteiger partial charge in [-0.05, 0) is 18.0 Å². The smallest absolute Gasteiger partial charge is 0.164 e. The second-order valence-corrected chi connectivity index (χ2v) is 4.07. The Morgan fingerprint density at radius 1 is 1.62 bits per heavy atom. The minimum atomic E-state index is -0.103. The average Bonchev–Trinajstić information content (AvgIpc) is 2.55. The van der Waals surface area contributed by atoms with Crippen molar-refractivity contribution in [3.8, 4) is 0 Å². The number of aromatic amines is 1. The van der Waals surface area contributed by atoms with Crippen molar-refractivity contribution in [3.63, 3.8) is 0 Å². The fourth-order valence-corrected chi connectivity index (χ4v) is 1.11. The van der Waals surface area contributed by atoms with E-state index in [2.05, 4.69) is 4.98 Å². The Hall–Kier alpha value is -1.09. The van der Waals surface area contributed by atoms with Crippen LogP contribution in [0.3, 0.4) is 0 Å². The van der Waals surface area contributed by atoms with E-state index >= 15 is 0 Å². The second kappa shape index (κ2) is 3.75. The van der Waals surface area contributed by atoms with E-state index in [0.717, 1.165) is 5.56 Å². The Morgan fingerprint density at radius 2 is 2.31 bits per heavy atom. The molecule has 1 aromatic rings. The van der Waals surface area contributed by atoms with Crippen LogP contribution >= 0.6 is 0 Å². The number of rotatable bonds is 4. The molecule has 3 nitrogen and oxygen atoms in total. The number of Topliss-reactive ketones (excluding diaryl/α,β-unsaturated/α-hetero) is 1. The molecule has 0 saturated carbocycles. The van der Waals surface area contributed by atoms with Crippen LogP contribution in [0.2, 0.25) is 0 Å². The maximum Gasteiger partial charge on any atom is 0.164 e. The summed E-state index contributed by atoms with van der Waals surface area (Å²) in [5.74, 6) is 0.150. The normalized spacial score (nSPS) is 11.6. The lowest BCUT2D eigenvalue weighted by molar-refractivity contribution is 0.0935. The zero-order chi connectivity index (χ0) is 9.90. The lowest BCUT2D eigenvalue weighted by Gasteiger charge is -2.20. The van der Waals surface area contributed by atoms with E-state index in [1.165, 1.54) is 0 Å². The number of carbonyl (C=O) groups is 1. The summed E-state index contributed by atoms with van der Waals surface area (Å²) in [5, 5.41) is 0. The molecule has 0 bridgehead atoms. The second-order valence-electron chi connectivity index (χ2n) is 4.07. The van der Waals surface area contributed by atoms with Crippen molar-refractivity contribution < 1.29 is 4.79 Å². The molecule has 0 unspecified atom stereocenters. The van der Waals surface area contributed by atoms with Gasteiger partial charge in [0.2, 0.25) is 0 Å². The van der Waals surface area contributed by atoms with Gasteiger partial charge in [0, 0.05) is 24.4 Å². The molecule has 3 N–H and O–H groups in total. The van der Waals surface area contributed by atoms with Gasteiger partial charge in [0.05, 0.1) is 0 Å². The van der Waals surface area contributed by atoms with Gasteiger partial charge in [-0.3, -0.25) is 4.79 Å². The molecule has 13 heavy (non-hydrogen) atoms. The third-order valence-electron chi connectivity index (χ3n) is 2.11. The van der Waals surface area contributed by atoms with Crippen molar-refractivity contribution in [2.75, 3.05) is 6.54 Å². The Kier molecular flexibility index (Phi) is 2.88. The highest BCUT2D eigenvalue weighted by Crippen LogP contribution is 2.20. The van der Waals surface area contributed by atoms with Gasteiger partial charge in [0.1, 0.15) is 0 Å². The zero-order valence-electron chi connectivity index (χ0n) is 8.13. The predicted octanol–water partition coefficient (Wildman–Crippen LogP) is 1.57. The Balaban J connectivity index is 2.61. The monoisotopic (exact) mass is 180 g/mol. The first-order valence-electron chi connectivity index (χ1n) is 4.41. The number of aromatic nitrogens is 1. The lowest BCUT2D eigenvalue weighted by Crippen LogP contribution is -2.26. The number of ketones is 1. The quantitative estimate of drug-likeness (QED) is 0.691. The van der Waals surface area contributed by atoms with Crippen LogP contribution in [0.15, 0.2) is 18.5 Å². The number of nitrogens with two attached hydrogens (primary N) is 1. The SMILES string of the molecule is CC(C)(CN)CC(=O)c1cc[nH]c1. The molecule has 1 rings (SSSR count). The van der Waals surface area contributed by atoms with Crippen LogP contribution in [-0.4, -0.2) is 17.3 Å². The molecule has 0 fully saturated rings. The van der Waals surface area contributed by atoms with E-state index in [1.54, 1.807) is 18.5 Å². The van der Waals surface area contributed by atoms with E-state index in [0.29, 0.717) is 13.0 Å². The molecule has 0 aliphatic carbocycles. The summed E-state index contributed by atoms with van der Waals surface area (Å²) in [5.41, 5.74) is 6.18.